The van der Waals surface area contributed by atoms with Crippen molar-refractivity contribution in [1.82, 2.24) is 15.5 Å². The summed E-state index contributed by atoms with van der Waals surface area (Å²) in [5, 5.41) is 6.84. The summed E-state index contributed by atoms with van der Waals surface area (Å²) in [7, 11) is 0. The molecule has 4 rings (SSSR count). The zero-order chi connectivity index (χ0) is 21.3. The SMILES string of the molecule is CCNC(=NCC1CCN(CCc2ccccc2)C1)NCCc1ccc2c(c1)OCO2.I. The van der Waals surface area contributed by atoms with E-state index in [4.69, 9.17) is 14.5 Å². The summed E-state index contributed by atoms with van der Waals surface area (Å²) in [6.07, 6.45) is 3.27. The first kappa shape index (κ1) is 24.6. The average Bonchev–Trinajstić information content (AvgIpc) is 3.46. The Morgan fingerprint density at radius 3 is 2.72 bits per heavy atom. The van der Waals surface area contributed by atoms with E-state index in [0.717, 1.165) is 63.0 Å². The molecular formula is C25H35IN4O2. The minimum atomic E-state index is 0. The van der Waals surface area contributed by atoms with E-state index < -0.39 is 0 Å². The van der Waals surface area contributed by atoms with Gasteiger partial charge in [-0.15, -0.1) is 24.0 Å². The number of hydrogen-bond acceptors (Lipinski definition) is 4. The van der Waals surface area contributed by atoms with Crippen molar-refractivity contribution in [3.63, 3.8) is 0 Å². The van der Waals surface area contributed by atoms with Crippen LogP contribution in [0.25, 0.3) is 0 Å². The van der Waals surface area contributed by atoms with Gasteiger partial charge >= 0.3 is 0 Å². The summed E-state index contributed by atoms with van der Waals surface area (Å²) in [6, 6.07) is 16.9. The molecule has 1 saturated heterocycles. The molecule has 7 heteroatoms. The second-order valence-corrected chi connectivity index (χ2v) is 8.27. The lowest BCUT2D eigenvalue weighted by Crippen LogP contribution is -2.38. The van der Waals surface area contributed by atoms with E-state index in [1.54, 1.807) is 0 Å². The number of halogens is 1. The average molecular weight is 550 g/mol. The minimum absolute atomic E-state index is 0. The third-order valence-electron chi connectivity index (χ3n) is 5.92. The molecule has 2 heterocycles. The predicted octanol–water partition coefficient (Wildman–Crippen LogP) is 3.70. The Balaban J connectivity index is 0.00000289. The fourth-order valence-corrected chi connectivity index (χ4v) is 4.18. The first-order valence-corrected chi connectivity index (χ1v) is 11.5. The van der Waals surface area contributed by atoms with Crippen molar-refractivity contribution in [2.75, 3.05) is 46.1 Å². The van der Waals surface area contributed by atoms with Gasteiger partial charge in [-0.2, -0.15) is 0 Å². The highest BCUT2D eigenvalue weighted by atomic mass is 127. The van der Waals surface area contributed by atoms with Gasteiger partial charge in [-0.25, -0.2) is 0 Å². The lowest BCUT2D eigenvalue weighted by Gasteiger charge is -2.16. The lowest BCUT2D eigenvalue weighted by molar-refractivity contribution is 0.174. The Labute approximate surface area is 208 Å². The topological polar surface area (TPSA) is 58.1 Å². The van der Waals surface area contributed by atoms with Crippen LogP contribution in [0.1, 0.15) is 24.5 Å². The molecule has 2 aromatic carbocycles. The largest absolute Gasteiger partial charge is 0.454 e. The van der Waals surface area contributed by atoms with Gasteiger partial charge in [0.15, 0.2) is 17.5 Å². The van der Waals surface area contributed by atoms with E-state index >= 15 is 0 Å². The highest BCUT2D eigenvalue weighted by Gasteiger charge is 2.22. The molecule has 174 valence electrons. The van der Waals surface area contributed by atoms with Crippen LogP contribution in [0.4, 0.5) is 0 Å². The molecule has 6 nitrogen and oxygen atoms in total. The highest BCUT2D eigenvalue weighted by Crippen LogP contribution is 2.32. The number of guanidine groups is 1. The van der Waals surface area contributed by atoms with Gasteiger partial charge in [0.1, 0.15) is 0 Å². The molecule has 0 saturated carbocycles. The van der Waals surface area contributed by atoms with Crippen molar-refractivity contribution in [1.29, 1.82) is 0 Å². The second-order valence-electron chi connectivity index (χ2n) is 8.27. The third-order valence-corrected chi connectivity index (χ3v) is 5.92. The fourth-order valence-electron chi connectivity index (χ4n) is 4.18. The van der Waals surface area contributed by atoms with Gasteiger partial charge in [0, 0.05) is 32.7 Å². The third kappa shape index (κ3) is 7.27. The Morgan fingerprint density at radius 2 is 1.88 bits per heavy atom. The number of likely N-dealkylation sites (tertiary alicyclic amines) is 1. The smallest absolute Gasteiger partial charge is 0.231 e. The zero-order valence-electron chi connectivity index (χ0n) is 18.9. The van der Waals surface area contributed by atoms with Crippen molar-refractivity contribution < 1.29 is 9.47 Å². The maximum Gasteiger partial charge on any atom is 0.231 e. The summed E-state index contributed by atoms with van der Waals surface area (Å²) in [6.45, 7) is 8.46. The van der Waals surface area contributed by atoms with Crippen LogP contribution < -0.4 is 20.1 Å². The van der Waals surface area contributed by atoms with Crippen LogP contribution in [-0.4, -0.2) is 56.9 Å². The first-order chi connectivity index (χ1) is 15.3. The number of fused-ring (bicyclic) bond motifs is 1. The molecule has 0 radical (unpaired) electrons. The van der Waals surface area contributed by atoms with Crippen LogP contribution in [0, 0.1) is 5.92 Å². The van der Waals surface area contributed by atoms with Crippen LogP contribution >= 0.6 is 24.0 Å². The standard InChI is InChI=1S/C25H34N4O2.HI/c1-2-26-25(27-13-10-21-8-9-23-24(16-21)31-19-30-23)28-17-22-12-15-29(18-22)14-11-20-6-4-3-5-7-20;/h3-9,16,22H,2,10-15,17-19H2,1H3,(H2,26,27,28);1H. The van der Waals surface area contributed by atoms with E-state index in [-0.39, 0.29) is 24.0 Å². The molecule has 1 unspecified atom stereocenters. The summed E-state index contributed by atoms with van der Waals surface area (Å²) in [5.41, 5.74) is 2.66. The van der Waals surface area contributed by atoms with Crippen molar-refractivity contribution in [2.45, 2.75) is 26.2 Å². The van der Waals surface area contributed by atoms with Crippen molar-refractivity contribution >= 4 is 29.9 Å². The number of nitrogens with one attached hydrogen (secondary N) is 2. The van der Waals surface area contributed by atoms with Crippen molar-refractivity contribution in [3.05, 3.63) is 59.7 Å². The molecule has 2 aliphatic rings. The summed E-state index contributed by atoms with van der Waals surface area (Å²) in [5.74, 6) is 3.23. The van der Waals surface area contributed by atoms with Gasteiger partial charge in [0.05, 0.1) is 0 Å². The Morgan fingerprint density at radius 1 is 1.03 bits per heavy atom. The van der Waals surface area contributed by atoms with Gasteiger partial charge < -0.3 is 25.0 Å². The molecular weight excluding hydrogens is 515 g/mol. The maximum absolute atomic E-state index is 5.47. The molecule has 32 heavy (non-hydrogen) atoms. The van der Waals surface area contributed by atoms with E-state index in [1.165, 1.54) is 24.1 Å². The number of ether oxygens (including phenoxy) is 2. The normalized spacial score (nSPS) is 17.8. The molecule has 1 fully saturated rings. The summed E-state index contributed by atoms with van der Waals surface area (Å²) >= 11 is 0. The molecule has 2 aromatic rings. The maximum atomic E-state index is 5.47. The Hall–Kier alpha value is -2.00. The molecule has 0 aliphatic carbocycles. The predicted molar refractivity (Wildman–Crippen MR) is 140 cm³/mol. The quantitative estimate of drug-likeness (QED) is 0.284. The summed E-state index contributed by atoms with van der Waals surface area (Å²) in [4.78, 5) is 7.44. The van der Waals surface area contributed by atoms with Crippen LogP contribution in [-0.2, 0) is 12.8 Å². The Kier molecular flexibility index (Phi) is 9.92. The lowest BCUT2D eigenvalue weighted by atomic mass is 10.1. The fraction of sp³-hybridized carbons (Fsp3) is 0.480. The number of nitrogens with zero attached hydrogens (tertiary/aromatic N) is 2. The van der Waals surface area contributed by atoms with Crippen LogP contribution in [0.5, 0.6) is 11.5 Å². The highest BCUT2D eigenvalue weighted by molar-refractivity contribution is 14.0. The molecule has 0 amide bonds. The molecule has 2 N–H and O–H groups in total. The van der Waals surface area contributed by atoms with Crippen molar-refractivity contribution in [2.24, 2.45) is 10.9 Å². The molecule has 0 spiro atoms. The molecule has 0 aromatic heterocycles. The summed E-state index contributed by atoms with van der Waals surface area (Å²) < 4.78 is 10.9. The number of aliphatic imine (C=N–C) groups is 1. The van der Waals surface area contributed by atoms with Crippen LogP contribution in [0.3, 0.4) is 0 Å². The molecule has 2 aliphatic heterocycles. The van der Waals surface area contributed by atoms with Crippen LogP contribution in [0.2, 0.25) is 0 Å². The zero-order valence-corrected chi connectivity index (χ0v) is 21.2. The first-order valence-electron chi connectivity index (χ1n) is 11.5. The van der Waals surface area contributed by atoms with Gasteiger partial charge in [0.2, 0.25) is 6.79 Å². The minimum Gasteiger partial charge on any atom is -0.454 e. The van der Waals surface area contributed by atoms with Gasteiger partial charge in [-0.3, -0.25) is 4.99 Å². The monoisotopic (exact) mass is 550 g/mol. The van der Waals surface area contributed by atoms with Gasteiger partial charge in [-0.05, 0) is 61.9 Å². The number of hydrogen-bond donors (Lipinski definition) is 2. The van der Waals surface area contributed by atoms with Gasteiger partial charge in [-0.1, -0.05) is 36.4 Å². The van der Waals surface area contributed by atoms with E-state index in [9.17, 15) is 0 Å². The Bertz CT molecular complexity index is 862. The second kappa shape index (κ2) is 12.9. The van der Waals surface area contributed by atoms with Gasteiger partial charge in [0.25, 0.3) is 0 Å². The van der Waals surface area contributed by atoms with E-state index in [0.29, 0.717) is 12.7 Å². The number of benzene rings is 2. The van der Waals surface area contributed by atoms with E-state index in [2.05, 4.69) is 64.9 Å². The van der Waals surface area contributed by atoms with E-state index in [1.807, 2.05) is 6.07 Å². The van der Waals surface area contributed by atoms with Crippen molar-refractivity contribution in [3.8, 4) is 11.5 Å². The number of rotatable bonds is 9. The molecule has 1 atom stereocenters. The van der Waals surface area contributed by atoms with Crippen LogP contribution in [0.15, 0.2) is 53.5 Å². The molecule has 0 bridgehead atoms.